The molecule has 0 radical (unpaired) electrons. The fourth-order valence-corrected chi connectivity index (χ4v) is 5.04. The topological polar surface area (TPSA) is 0 Å². The van der Waals surface area contributed by atoms with Gasteiger partial charge in [0.05, 0.1) is 0 Å². The Morgan fingerprint density at radius 1 is 0.286 bits per heavy atom. The first kappa shape index (κ1) is 28.4. The molecule has 0 aromatic rings. The first-order valence-corrected chi connectivity index (χ1v) is 14.6. The van der Waals surface area contributed by atoms with Gasteiger partial charge in [-0.25, -0.2) is 0 Å². The number of rotatable bonds is 25. The summed E-state index contributed by atoms with van der Waals surface area (Å²) in [4.78, 5) is 0. The average Bonchev–Trinajstić information content (AvgIpc) is 2.71. The average molecular weight is 413 g/mol. The van der Waals surface area contributed by atoms with Gasteiger partial charge in [0.25, 0.3) is 0 Å². The third-order valence-corrected chi connectivity index (χ3v) is 7.19. The van der Waals surface area contributed by atoms with Crippen molar-refractivity contribution in [3.63, 3.8) is 0 Å². The van der Waals surface area contributed by atoms with E-state index in [1.165, 1.54) is 159 Å². The lowest BCUT2D eigenvalue weighted by atomic mass is 10.0. The van der Waals surface area contributed by atoms with Gasteiger partial charge in [0.1, 0.15) is 0 Å². The lowest BCUT2D eigenvalue weighted by Crippen LogP contribution is -1.87. The van der Waals surface area contributed by atoms with Gasteiger partial charge in [0.15, 0.2) is 0 Å². The second-order valence-electron chi connectivity index (χ2n) is 9.04. The molecule has 0 spiro atoms. The molecule has 0 aliphatic heterocycles. The van der Waals surface area contributed by atoms with Crippen LogP contribution >= 0.6 is 11.8 Å². The molecule has 0 fully saturated rings. The van der Waals surface area contributed by atoms with Crippen molar-refractivity contribution >= 4 is 11.8 Å². The van der Waals surface area contributed by atoms with E-state index in [1.54, 1.807) is 0 Å². The number of unbranched alkanes of at least 4 members (excludes halogenated alkanes) is 21. The molecular formula is C27H56S. The van der Waals surface area contributed by atoms with Crippen molar-refractivity contribution in [2.24, 2.45) is 0 Å². The molecule has 0 aliphatic carbocycles. The zero-order chi connectivity index (χ0) is 20.4. The Morgan fingerprint density at radius 2 is 0.500 bits per heavy atom. The Kier molecular flexibility index (Phi) is 27.7. The van der Waals surface area contributed by atoms with Gasteiger partial charge in [-0.1, -0.05) is 149 Å². The van der Waals surface area contributed by atoms with Crippen LogP contribution in [-0.4, -0.2) is 11.5 Å². The van der Waals surface area contributed by atoms with E-state index in [-0.39, 0.29) is 0 Å². The minimum atomic E-state index is 1.37. The second-order valence-corrected chi connectivity index (χ2v) is 10.3. The van der Waals surface area contributed by atoms with Crippen molar-refractivity contribution in [1.82, 2.24) is 0 Å². The van der Waals surface area contributed by atoms with Crippen LogP contribution in [0, 0.1) is 0 Å². The normalized spacial score (nSPS) is 11.4. The van der Waals surface area contributed by atoms with Crippen molar-refractivity contribution in [3.8, 4) is 0 Å². The third-order valence-electron chi connectivity index (χ3n) is 6.03. The van der Waals surface area contributed by atoms with Gasteiger partial charge in [-0.05, 0) is 24.3 Å². The van der Waals surface area contributed by atoms with Crippen molar-refractivity contribution in [1.29, 1.82) is 0 Å². The first-order chi connectivity index (χ1) is 13.9. The molecule has 0 heterocycles. The van der Waals surface area contributed by atoms with Gasteiger partial charge in [0.2, 0.25) is 0 Å². The van der Waals surface area contributed by atoms with Crippen LogP contribution in [0.4, 0.5) is 0 Å². The molecule has 0 bridgehead atoms. The van der Waals surface area contributed by atoms with E-state index < -0.39 is 0 Å². The molecule has 0 rings (SSSR count). The van der Waals surface area contributed by atoms with E-state index >= 15 is 0 Å². The summed E-state index contributed by atoms with van der Waals surface area (Å²) in [6.45, 7) is 4.60. The maximum Gasteiger partial charge on any atom is -0.00675 e. The highest BCUT2D eigenvalue weighted by atomic mass is 32.2. The summed E-state index contributed by atoms with van der Waals surface area (Å²) in [7, 11) is 0. The molecule has 1 heteroatoms. The molecule has 0 aromatic carbocycles. The molecular weight excluding hydrogens is 356 g/mol. The van der Waals surface area contributed by atoms with Crippen molar-refractivity contribution in [2.45, 2.75) is 162 Å². The minimum Gasteiger partial charge on any atom is -0.162 e. The Morgan fingerprint density at radius 3 is 0.750 bits per heavy atom. The minimum absolute atomic E-state index is 1.37. The van der Waals surface area contributed by atoms with E-state index in [9.17, 15) is 0 Å². The fraction of sp³-hybridized carbons (Fsp3) is 1.00. The predicted octanol–water partition coefficient (Wildman–Crippen LogP) is 10.7. The summed E-state index contributed by atoms with van der Waals surface area (Å²) in [6.07, 6.45) is 33.7. The molecule has 0 unspecified atom stereocenters. The van der Waals surface area contributed by atoms with Gasteiger partial charge in [0, 0.05) is 0 Å². The van der Waals surface area contributed by atoms with Gasteiger partial charge in [-0.2, -0.15) is 11.8 Å². The van der Waals surface area contributed by atoms with Crippen LogP contribution in [0.1, 0.15) is 162 Å². The zero-order valence-corrected chi connectivity index (χ0v) is 20.9. The van der Waals surface area contributed by atoms with Crippen LogP contribution in [0.2, 0.25) is 0 Å². The van der Waals surface area contributed by atoms with E-state index in [0.717, 1.165) is 0 Å². The van der Waals surface area contributed by atoms with Gasteiger partial charge in [-0.3, -0.25) is 0 Å². The Hall–Kier alpha value is 0.350. The van der Waals surface area contributed by atoms with Crippen molar-refractivity contribution < 1.29 is 0 Å². The largest absolute Gasteiger partial charge is 0.162 e. The van der Waals surface area contributed by atoms with Gasteiger partial charge >= 0.3 is 0 Å². The van der Waals surface area contributed by atoms with E-state index in [2.05, 4.69) is 25.6 Å². The molecule has 28 heavy (non-hydrogen) atoms. The van der Waals surface area contributed by atoms with Crippen LogP contribution in [0.15, 0.2) is 0 Å². The Labute approximate surface area is 184 Å². The molecule has 0 N–H and O–H groups in total. The lowest BCUT2D eigenvalue weighted by molar-refractivity contribution is 0.531. The Bertz CT molecular complexity index is 225. The summed E-state index contributed by atoms with van der Waals surface area (Å²) in [5.41, 5.74) is 0. The van der Waals surface area contributed by atoms with Gasteiger partial charge < -0.3 is 0 Å². The molecule has 0 aromatic heterocycles. The Balaban J connectivity index is 2.96. The quantitative estimate of drug-likeness (QED) is 0.134. The smallest absolute Gasteiger partial charge is 0.00675 e. The number of thioether (sulfide) groups is 1. The maximum atomic E-state index is 2.30. The summed E-state index contributed by atoms with van der Waals surface area (Å²) in [6, 6.07) is 0. The summed E-state index contributed by atoms with van der Waals surface area (Å²) in [5.74, 6) is 2.82. The van der Waals surface area contributed by atoms with Crippen molar-refractivity contribution in [2.75, 3.05) is 11.5 Å². The van der Waals surface area contributed by atoms with Crippen LogP contribution in [0.5, 0.6) is 0 Å². The van der Waals surface area contributed by atoms with Crippen LogP contribution < -0.4 is 0 Å². The summed E-state index contributed by atoms with van der Waals surface area (Å²) >= 11 is 2.21. The molecule has 0 saturated heterocycles. The molecule has 0 nitrogen and oxygen atoms in total. The maximum absolute atomic E-state index is 2.30. The molecule has 170 valence electrons. The molecule has 0 aliphatic rings. The first-order valence-electron chi connectivity index (χ1n) is 13.5. The third kappa shape index (κ3) is 26.4. The number of hydrogen-bond acceptors (Lipinski definition) is 1. The SMILES string of the molecule is CCCCCCCCCCCCCCCCCCSCCCCCCCCC. The van der Waals surface area contributed by atoms with Crippen LogP contribution in [-0.2, 0) is 0 Å². The molecule has 0 saturated carbocycles. The van der Waals surface area contributed by atoms with Crippen molar-refractivity contribution in [3.05, 3.63) is 0 Å². The highest BCUT2D eigenvalue weighted by Gasteiger charge is 1.96. The monoisotopic (exact) mass is 412 g/mol. The van der Waals surface area contributed by atoms with Crippen LogP contribution in [0.25, 0.3) is 0 Å². The highest BCUT2D eigenvalue weighted by Crippen LogP contribution is 2.15. The van der Waals surface area contributed by atoms with E-state index in [4.69, 9.17) is 0 Å². The fourth-order valence-electron chi connectivity index (χ4n) is 4.02. The van der Waals surface area contributed by atoms with Gasteiger partial charge in [-0.15, -0.1) is 0 Å². The summed E-state index contributed by atoms with van der Waals surface area (Å²) in [5, 5.41) is 0. The van der Waals surface area contributed by atoms with Crippen LogP contribution in [0.3, 0.4) is 0 Å². The highest BCUT2D eigenvalue weighted by molar-refractivity contribution is 7.99. The molecule has 0 atom stereocenters. The lowest BCUT2D eigenvalue weighted by Gasteiger charge is -2.04. The summed E-state index contributed by atoms with van der Waals surface area (Å²) < 4.78 is 0. The zero-order valence-electron chi connectivity index (χ0n) is 20.1. The number of hydrogen-bond donors (Lipinski definition) is 0. The van der Waals surface area contributed by atoms with E-state index in [1.807, 2.05) is 0 Å². The second kappa shape index (κ2) is 27.4. The molecule has 0 amide bonds. The predicted molar refractivity (Wildman–Crippen MR) is 135 cm³/mol. The standard InChI is InChI=1S/C27H56S/c1-3-5-7-9-11-12-13-14-15-16-17-18-19-21-23-25-27-28-26-24-22-20-10-8-6-4-2/h3-27H2,1-2H3. The van der Waals surface area contributed by atoms with E-state index in [0.29, 0.717) is 0 Å².